The molecule has 1 aromatic carbocycles. The lowest BCUT2D eigenvalue weighted by Crippen LogP contribution is -2.23. The number of hydrogen-bond donors (Lipinski definition) is 1. The van der Waals surface area contributed by atoms with Gasteiger partial charge < -0.3 is 9.84 Å². The van der Waals surface area contributed by atoms with E-state index in [-0.39, 0.29) is 6.61 Å². The largest absolute Gasteiger partial charge is 0.480 e. The van der Waals surface area contributed by atoms with Gasteiger partial charge >= 0.3 is 11.9 Å². The molecule has 0 saturated carbocycles. The monoisotopic (exact) mass is 300 g/mol. The molecule has 0 aromatic heterocycles. The van der Waals surface area contributed by atoms with Crippen LogP contribution in [0, 0.1) is 6.92 Å². The van der Waals surface area contributed by atoms with Crippen LogP contribution in [-0.4, -0.2) is 23.7 Å². The Labute approximate surface area is 108 Å². The molecule has 0 aliphatic heterocycles. The van der Waals surface area contributed by atoms with Gasteiger partial charge in [0, 0.05) is 4.47 Å². The molecular formula is C12H13BrO4. The lowest BCUT2D eigenvalue weighted by Gasteiger charge is -2.12. The van der Waals surface area contributed by atoms with Gasteiger partial charge in [-0.2, -0.15) is 0 Å². The van der Waals surface area contributed by atoms with Crippen LogP contribution in [0.4, 0.5) is 0 Å². The third-order valence-corrected chi connectivity index (χ3v) is 3.17. The van der Waals surface area contributed by atoms with E-state index < -0.39 is 17.9 Å². The van der Waals surface area contributed by atoms with Crippen molar-refractivity contribution in [3.05, 3.63) is 33.8 Å². The zero-order valence-corrected chi connectivity index (χ0v) is 11.2. The molecule has 4 nitrogen and oxygen atoms in total. The number of carboxylic acid groups (broad SMARTS) is 1. The Bertz CT molecular complexity index is 442. The molecule has 0 spiro atoms. The summed E-state index contributed by atoms with van der Waals surface area (Å²) >= 11 is 3.32. The number of aliphatic carboxylic acids is 1. The predicted molar refractivity (Wildman–Crippen MR) is 65.9 cm³/mol. The normalized spacial score (nSPS) is 11.9. The molecule has 0 aliphatic carbocycles. The minimum absolute atomic E-state index is 0.165. The van der Waals surface area contributed by atoms with Crippen LogP contribution in [-0.2, 0) is 14.3 Å². The van der Waals surface area contributed by atoms with E-state index in [1.807, 2.05) is 6.92 Å². The molecule has 92 valence electrons. The zero-order valence-electron chi connectivity index (χ0n) is 9.57. The lowest BCUT2D eigenvalue weighted by molar-refractivity contribution is -0.153. The van der Waals surface area contributed by atoms with Crippen LogP contribution in [0.15, 0.2) is 22.7 Å². The van der Waals surface area contributed by atoms with Crippen LogP contribution in [0.1, 0.15) is 24.0 Å². The number of rotatable bonds is 4. The molecule has 1 unspecified atom stereocenters. The predicted octanol–water partition coefficient (Wildman–Crippen LogP) is 2.49. The quantitative estimate of drug-likeness (QED) is 0.685. The molecule has 0 saturated heterocycles. The molecule has 1 atom stereocenters. The van der Waals surface area contributed by atoms with E-state index in [4.69, 9.17) is 9.84 Å². The average molecular weight is 301 g/mol. The number of carboxylic acids is 1. The second-order valence-corrected chi connectivity index (χ2v) is 4.39. The van der Waals surface area contributed by atoms with E-state index in [0.29, 0.717) is 5.56 Å². The first-order valence-corrected chi connectivity index (χ1v) is 5.92. The third kappa shape index (κ3) is 3.30. The van der Waals surface area contributed by atoms with Crippen molar-refractivity contribution < 1.29 is 19.4 Å². The van der Waals surface area contributed by atoms with Crippen molar-refractivity contribution in [3.8, 4) is 0 Å². The Balaban J connectivity index is 3.10. The number of benzene rings is 1. The van der Waals surface area contributed by atoms with Crippen LogP contribution in [0.3, 0.4) is 0 Å². The molecule has 1 N–H and O–H groups in total. The van der Waals surface area contributed by atoms with Crippen molar-refractivity contribution in [3.63, 3.8) is 0 Å². The van der Waals surface area contributed by atoms with Gasteiger partial charge in [0.15, 0.2) is 5.92 Å². The first-order valence-electron chi connectivity index (χ1n) is 5.12. The highest BCUT2D eigenvalue weighted by atomic mass is 79.9. The van der Waals surface area contributed by atoms with Crippen molar-refractivity contribution in [2.24, 2.45) is 0 Å². The smallest absolute Gasteiger partial charge is 0.324 e. The van der Waals surface area contributed by atoms with Crippen LogP contribution in [0.25, 0.3) is 0 Å². The minimum atomic E-state index is -1.26. The fourth-order valence-corrected chi connectivity index (χ4v) is 1.70. The topological polar surface area (TPSA) is 63.6 Å². The Morgan fingerprint density at radius 1 is 1.47 bits per heavy atom. The van der Waals surface area contributed by atoms with Crippen LogP contribution in [0.5, 0.6) is 0 Å². The maximum atomic E-state index is 11.6. The number of aryl methyl sites for hydroxylation is 1. The molecule has 0 fully saturated rings. The highest BCUT2D eigenvalue weighted by Gasteiger charge is 2.29. The molecule has 0 heterocycles. The number of ether oxygens (including phenoxy) is 1. The van der Waals surface area contributed by atoms with Crippen LogP contribution in [0.2, 0.25) is 0 Å². The van der Waals surface area contributed by atoms with Gasteiger partial charge in [-0.25, -0.2) is 0 Å². The molecule has 5 heteroatoms. The van der Waals surface area contributed by atoms with E-state index in [0.717, 1.165) is 10.0 Å². The van der Waals surface area contributed by atoms with Gasteiger partial charge in [-0.3, -0.25) is 9.59 Å². The van der Waals surface area contributed by atoms with Gasteiger partial charge in [0.1, 0.15) is 0 Å². The van der Waals surface area contributed by atoms with Crippen LogP contribution < -0.4 is 0 Å². The van der Waals surface area contributed by atoms with Crippen molar-refractivity contribution in [1.29, 1.82) is 0 Å². The summed E-state index contributed by atoms with van der Waals surface area (Å²) in [7, 11) is 0. The summed E-state index contributed by atoms with van der Waals surface area (Å²) in [4.78, 5) is 22.7. The zero-order chi connectivity index (χ0) is 13.0. The Morgan fingerprint density at radius 2 is 2.12 bits per heavy atom. The van der Waals surface area contributed by atoms with Crippen LogP contribution >= 0.6 is 15.9 Å². The van der Waals surface area contributed by atoms with Crippen molar-refractivity contribution in [1.82, 2.24) is 0 Å². The van der Waals surface area contributed by atoms with Crippen molar-refractivity contribution >= 4 is 27.9 Å². The van der Waals surface area contributed by atoms with E-state index in [1.165, 1.54) is 0 Å². The molecular weight excluding hydrogens is 288 g/mol. The molecule has 1 rings (SSSR count). The molecule has 0 radical (unpaired) electrons. The summed E-state index contributed by atoms with van der Waals surface area (Å²) in [6, 6.07) is 4.99. The number of carbonyl (C=O) groups is 2. The molecule has 0 amide bonds. The highest BCUT2D eigenvalue weighted by molar-refractivity contribution is 9.10. The second-order valence-electron chi connectivity index (χ2n) is 3.53. The fraction of sp³-hybridized carbons (Fsp3) is 0.333. The first-order chi connectivity index (χ1) is 7.97. The van der Waals surface area contributed by atoms with Gasteiger partial charge in [0.2, 0.25) is 0 Å². The molecule has 0 aliphatic rings. The lowest BCUT2D eigenvalue weighted by atomic mass is 9.98. The Hall–Kier alpha value is -1.36. The summed E-state index contributed by atoms with van der Waals surface area (Å²) in [5, 5.41) is 9.07. The summed E-state index contributed by atoms with van der Waals surface area (Å²) in [5.74, 6) is -3.20. The molecule has 17 heavy (non-hydrogen) atoms. The van der Waals surface area contributed by atoms with Gasteiger partial charge in [-0.1, -0.05) is 28.1 Å². The van der Waals surface area contributed by atoms with Gasteiger partial charge in [-0.15, -0.1) is 0 Å². The third-order valence-electron chi connectivity index (χ3n) is 2.28. The SMILES string of the molecule is CCOC(=O)C(C(=O)O)c1ccc(Br)c(C)c1. The van der Waals surface area contributed by atoms with Gasteiger partial charge in [-0.05, 0) is 31.0 Å². The number of carbonyl (C=O) groups excluding carboxylic acids is 1. The highest BCUT2D eigenvalue weighted by Crippen LogP contribution is 2.24. The maximum absolute atomic E-state index is 11.6. The standard InChI is InChI=1S/C12H13BrO4/c1-3-17-12(16)10(11(14)15)8-4-5-9(13)7(2)6-8/h4-6,10H,3H2,1-2H3,(H,14,15). The average Bonchev–Trinajstić information content (AvgIpc) is 2.23. The van der Waals surface area contributed by atoms with Crippen molar-refractivity contribution in [2.45, 2.75) is 19.8 Å². The molecule has 0 bridgehead atoms. The number of hydrogen-bond acceptors (Lipinski definition) is 3. The second kappa shape index (κ2) is 5.82. The summed E-state index contributed by atoms with van der Waals surface area (Å²) in [6.07, 6.45) is 0. The molecule has 1 aromatic rings. The first kappa shape index (κ1) is 13.7. The number of esters is 1. The van der Waals surface area contributed by atoms with E-state index in [9.17, 15) is 9.59 Å². The number of halogens is 1. The summed E-state index contributed by atoms with van der Waals surface area (Å²) in [6.45, 7) is 3.64. The van der Waals surface area contributed by atoms with E-state index in [1.54, 1.807) is 25.1 Å². The van der Waals surface area contributed by atoms with Gasteiger partial charge in [0.25, 0.3) is 0 Å². The van der Waals surface area contributed by atoms with Crippen molar-refractivity contribution in [2.75, 3.05) is 6.61 Å². The summed E-state index contributed by atoms with van der Waals surface area (Å²) < 4.78 is 5.63. The minimum Gasteiger partial charge on any atom is -0.480 e. The Kier molecular flexibility index (Phi) is 4.69. The Morgan fingerprint density at radius 3 is 2.59 bits per heavy atom. The van der Waals surface area contributed by atoms with E-state index in [2.05, 4.69) is 15.9 Å². The van der Waals surface area contributed by atoms with Gasteiger partial charge in [0.05, 0.1) is 6.61 Å². The fourth-order valence-electron chi connectivity index (χ4n) is 1.45. The maximum Gasteiger partial charge on any atom is 0.324 e. The summed E-state index contributed by atoms with van der Waals surface area (Å²) in [5.41, 5.74) is 1.30. The van der Waals surface area contributed by atoms with E-state index >= 15 is 0 Å².